The van der Waals surface area contributed by atoms with Gasteiger partial charge in [-0.3, -0.25) is 4.99 Å². The molecule has 0 aliphatic heterocycles. The molecule has 0 aliphatic carbocycles. The first kappa shape index (κ1) is 12.1. The van der Waals surface area contributed by atoms with Gasteiger partial charge in [-0.25, -0.2) is 4.99 Å². The highest BCUT2D eigenvalue weighted by molar-refractivity contribution is 5.95. The molecule has 0 fully saturated rings. The molecule has 74 valence electrons. The Morgan fingerprint density at radius 3 is 2.00 bits per heavy atom. The molecule has 0 aliphatic rings. The number of amidine groups is 1. The van der Waals surface area contributed by atoms with Gasteiger partial charge in [-0.05, 0) is 11.5 Å². The quantitative estimate of drug-likeness (QED) is 0.471. The molecule has 0 bridgehead atoms. The molecule has 2 heteroatoms. The van der Waals surface area contributed by atoms with Crippen LogP contribution in [0.3, 0.4) is 0 Å². The lowest BCUT2D eigenvalue weighted by Crippen LogP contribution is -2.05. The maximum Gasteiger partial charge on any atom is 0.125 e. The van der Waals surface area contributed by atoms with E-state index >= 15 is 0 Å². The van der Waals surface area contributed by atoms with Crippen molar-refractivity contribution >= 4 is 12.1 Å². The molecular formula is C11H20N2. The Balaban J connectivity index is 4.34. The zero-order valence-electron chi connectivity index (χ0n) is 9.33. The predicted octanol–water partition coefficient (Wildman–Crippen LogP) is 2.95. The van der Waals surface area contributed by atoms with E-state index in [1.165, 1.54) is 0 Å². The average Bonchev–Trinajstić information content (AvgIpc) is 2.04. The van der Waals surface area contributed by atoms with Crippen molar-refractivity contribution in [1.82, 2.24) is 0 Å². The Morgan fingerprint density at radius 2 is 1.69 bits per heavy atom. The smallest absolute Gasteiger partial charge is 0.125 e. The Kier molecular flexibility index (Phi) is 5.28. The number of hydrogen-bond acceptors (Lipinski definition) is 1. The summed E-state index contributed by atoms with van der Waals surface area (Å²) in [4.78, 5) is 8.38. The Bertz CT molecular complexity index is 222. The fourth-order valence-electron chi connectivity index (χ4n) is 0.763. The van der Waals surface area contributed by atoms with E-state index in [0.717, 1.165) is 11.4 Å². The van der Waals surface area contributed by atoms with Crippen LogP contribution in [0.15, 0.2) is 22.1 Å². The predicted molar refractivity (Wildman–Crippen MR) is 60.7 cm³/mol. The van der Waals surface area contributed by atoms with Crippen LogP contribution in [0, 0.1) is 11.8 Å². The summed E-state index contributed by atoms with van der Waals surface area (Å²) in [5.74, 6) is 1.71. The lowest BCUT2D eigenvalue weighted by molar-refractivity contribution is 0.809. The van der Waals surface area contributed by atoms with Crippen LogP contribution in [0.2, 0.25) is 0 Å². The van der Waals surface area contributed by atoms with Crippen LogP contribution in [0.4, 0.5) is 0 Å². The molecule has 0 rings (SSSR count). The van der Waals surface area contributed by atoms with E-state index in [0.29, 0.717) is 11.8 Å². The van der Waals surface area contributed by atoms with Crippen molar-refractivity contribution in [3.05, 3.63) is 12.2 Å². The number of nitrogens with zero attached hydrogens (tertiary/aromatic N) is 2. The molecule has 2 nitrogen and oxygen atoms in total. The zero-order valence-corrected chi connectivity index (χ0v) is 9.33. The van der Waals surface area contributed by atoms with Crippen LogP contribution in [-0.2, 0) is 0 Å². The summed E-state index contributed by atoms with van der Waals surface area (Å²) in [6.45, 7) is 12.3. The molecule has 0 aromatic rings. The molecule has 0 saturated heterocycles. The van der Waals surface area contributed by atoms with Crippen LogP contribution in [0.25, 0.3) is 0 Å². The molecule has 0 spiro atoms. The van der Waals surface area contributed by atoms with E-state index in [-0.39, 0.29) is 0 Å². The van der Waals surface area contributed by atoms with Crippen LogP contribution >= 0.6 is 0 Å². The van der Waals surface area contributed by atoms with Crippen LogP contribution in [0.5, 0.6) is 0 Å². The minimum absolute atomic E-state index is 0.376. The first-order chi connectivity index (χ1) is 5.99. The van der Waals surface area contributed by atoms with Crippen molar-refractivity contribution in [3.8, 4) is 0 Å². The van der Waals surface area contributed by atoms with Gasteiger partial charge in [-0.2, -0.15) is 0 Å². The molecular weight excluding hydrogens is 160 g/mol. The second kappa shape index (κ2) is 5.68. The van der Waals surface area contributed by atoms with Crippen molar-refractivity contribution in [2.75, 3.05) is 7.05 Å². The van der Waals surface area contributed by atoms with E-state index in [4.69, 9.17) is 0 Å². The van der Waals surface area contributed by atoms with Gasteiger partial charge in [0, 0.05) is 19.2 Å². The number of aliphatic imine (C=N–C) groups is 2. The summed E-state index contributed by atoms with van der Waals surface area (Å²) in [6.07, 6.45) is 1.81. The maximum atomic E-state index is 4.29. The monoisotopic (exact) mass is 180 g/mol. The minimum Gasteiger partial charge on any atom is -0.274 e. The number of rotatable bonds is 3. The number of hydrogen-bond donors (Lipinski definition) is 0. The van der Waals surface area contributed by atoms with E-state index in [2.05, 4.69) is 44.3 Å². The minimum atomic E-state index is 0.376. The maximum absolute atomic E-state index is 4.29. The normalized spacial score (nSPS) is 13.3. The second-order valence-electron chi connectivity index (χ2n) is 3.72. The van der Waals surface area contributed by atoms with Crippen LogP contribution in [0.1, 0.15) is 27.7 Å². The Morgan fingerprint density at radius 1 is 1.15 bits per heavy atom. The molecule has 0 unspecified atom stereocenters. The van der Waals surface area contributed by atoms with Gasteiger partial charge in [0.2, 0.25) is 0 Å². The van der Waals surface area contributed by atoms with Crippen molar-refractivity contribution < 1.29 is 0 Å². The van der Waals surface area contributed by atoms with Gasteiger partial charge in [0.1, 0.15) is 5.84 Å². The highest BCUT2D eigenvalue weighted by Gasteiger charge is 2.01. The molecule has 0 amide bonds. The average molecular weight is 180 g/mol. The third kappa shape index (κ3) is 4.61. The van der Waals surface area contributed by atoms with E-state index < -0.39 is 0 Å². The van der Waals surface area contributed by atoms with Gasteiger partial charge in [-0.1, -0.05) is 34.3 Å². The lowest BCUT2D eigenvalue weighted by Gasteiger charge is -2.05. The Labute approximate surface area is 81.5 Å². The second-order valence-corrected chi connectivity index (χ2v) is 3.72. The van der Waals surface area contributed by atoms with Crippen molar-refractivity contribution in [1.29, 1.82) is 0 Å². The third-order valence-corrected chi connectivity index (χ3v) is 1.85. The number of allylic oxidation sites excluding steroid dienone is 1. The van der Waals surface area contributed by atoms with E-state index in [1.807, 2.05) is 6.21 Å². The van der Waals surface area contributed by atoms with Crippen LogP contribution < -0.4 is 0 Å². The molecule has 0 radical (unpaired) electrons. The van der Waals surface area contributed by atoms with Crippen molar-refractivity contribution in [3.63, 3.8) is 0 Å². The summed E-state index contributed by atoms with van der Waals surface area (Å²) in [5.41, 5.74) is 1.04. The molecule has 0 heterocycles. The molecule has 0 atom stereocenters. The van der Waals surface area contributed by atoms with Crippen molar-refractivity contribution in [2.45, 2.75) is 27.7 Å². The van der Waals surface area contributed by atoms with Gasteiger partial charge in [-0.15, -0.1) is 0 Å². The third-order valence-electron chi connectivity index (χ3n) is 1.85. The molecule has 0 aromatic heterocycles. The molecule has 0 aromatic carbocycles. The summed E-state index contributed by atoms with van der Waals surface area (Å²) in [7, 11) is 1.77. The standard InChI is InChI=1S/C11H20N2/c1-8(2)10(5)7-13-11(12-6)9(3)4/h7-9H,5H2,1-4,6H3/b12-11-,13-7-. The first-order valence-corrected chi connectivity index (χ1v) is 4.68. The van der Waals surface area contributed by atoms with Gasteiger partial charge >= 0.3 is 0 Å². The van der Waals surface area contributed by atoms with E-state index in [9.17, 15) is 0 Å². The highest BCUT2D eigenvalue weighted by Crippen LogP contribution is 2.04. The first-order valence-electron chi connectivity index (χ1n) is 4.68. The van der Waals surface area contributed by atoms with Gasteiger partial charge in [0.15, 0.2) is 0 Å². The fourth-order valence-corrected chi connectivity index (χ4v) is 0.763. The van der Waals surface area contributed by atoms with Gasteiger partial charge in [0.25, 0.3) is 0 Å². The zero-order chi connectivity index (χ0) is 10.4. The Hall–Kier alpha value is -0.920. The summed E-state index contributed by atoms with van der Waals surface area (Å²) >= 11 is 0. The summed E-state index contributed by atoms with van der Waals surface area (Å²) in [6, 6.07) is 0. The van der Waals surface area contributed by atoms with E-state index in [1.54, 1.807) is 7.05 Å². The van der Waals surface area contributed by atoms with Gasteiger partial charge < -0.3 is 0 Å². The van der Waals surface area contributed by atoms with Crippen molar-refractivity contribution in [2.24, 2.45) is 21.8 Å². The fraction of sp³-hybridized carbons (Fsp3) is 0.636. The topological polar surface area (TPSA) is 24.7 Å². The molecule has 0 N–H and O–H groups in total. The highest BCUT2D eigenvalue weighted by atomic mass is 14.9. The SMILES string of the molecule is C=C(/C=N\C(=N/C)C(C)C)C(C)C. The molecule has 0 saturated carbocycles. The largest absolute Gasteiger partial charge is 0.274 e. The van der Waals surface area contributed by atoms with Crippen LogP contribution in [-0.4, -0.2) is 19.1 Å². The summed E-state index contributed by atoms with van der Waals surface area (Å²) < 4.78 is 0. The van der Waals surface area contributed by atoms with Gasteiger partial charge in [0.05, 0.1) is 0 Å². The molecule has 13 heavy (non-hydrogen) atoms. The summed E-state index contributed by atoms with van der Waals surface area (Å²) in [5, 5.41) is 0. The lowest BCUT2D eigenvalue weighted by atomic mass is 10.1.